The lowest BCUT2D eigenvalue weighted by Gasteiger charge is -2.39. The summed E-state index contributed by atoms with van der Waals surface area (Å²) in [4.78, 5) is 32.0. The molecule has 0 aliphatic carbocycles. The Kier molecular flexibility index (Phi) is 7.97. The Labute approximate surface area is 224 Å². The molecule has 0 saturated carbocycles. The SMILES string of the molecule is Cc1cc(Cl)c(-c2cccc3scnc23)c(Cl)c1OCCC1CN(C(=O)OC(C)(C)C)CCN1C=O. The first kappa shape index (κ1) is 26.5. The second-order valence-corrected chi connectivity index (χ2v) is 11.4. The second-order valence-electron chi connectivity index (χ2n) is 9.76. The predicted octanol–water partition coefficient (Wildman–Crippen LogP) is 6.43. The van der Waals surface area contributed by atoms with Gasteiger partial charge in [-0.2, -0.15) is 0 Å². The number of hydrogen-bond donors (Lipinski definition) is 0. The van der Waals surface area contributed by atoms with Crippen LogP contribution in [-0.4, -0.2) is 65.2 Å². The van der Waals surface area contributed by atoms with E-state index in [1.54, 1.807) is 26.6 Å². The normalized spacial score (nSPS) is 16.3. The van der Waals surface area contributed by atoms with Gasteiger partial charge in [0.1, 0.15) is 11.4 Å². The van der Waals surface area contributed by atoms with E-state index in [4.69, 9.17) is 32.7 Å². The maximum atomic E-state index is 12.5. The van der Waals surface area contributed by atoms with Crippen molar-refractivity contribution in [1.29, 1.82) is 0 Å². The van der Waals surface area contributed by atoms with E-state index in [1.165, 1.54) is 0 Å². The van der Waals surface area contributed by atoms with E-state index in [-0.39, 0.29) is 12.1 Å². The monoisotopic (exact) mass is 549 g/mol. The first-order valence-corrected chi connectivity index (χ1v) is 13.4. The number of piperazine rings is 1. The lowest BCUT2D eigenvalue weighted by atomic mass is 10.0. The highest BCUT2D eigenvalue weighted by Crippen LogP contribution is 2.45. The number of nitrogens with zero attached hydrogens (tertiary/aromatic N) is 3. The molecular formula is C26H29Cl2N3O4S. The lowest BCUT2D eigenvalue weighted by Crippen LogP contribution is -2.55. The molecule has 4 rings (SSSR count). The third kappa shape index (κ3) is 5.71. The van der Waals surface area contributed by atoms with Crippen molar-refractivity contribution in [1.82, 2.24) is 14.8 Å². The van der Waals surface area contributed by atoms with Crippen molar-refractivity contribution in [3.8, 4) is 16.9 Å². The number of thiazole rings is 1. The average Bonchev–Trinajstić information content (AvgIpc) is 3.29. The van der Waals surface area contributed by atoms with Gasteiger partial charge in [0.25, 0.3) is 0 Å². The smallest absolute Gasteiger partial charge is 0.410 e. The molecule has 1 aromatic heterocycles. The maximum absolute atomic E-state index is 12.5. The third-order valence-electron chi connectivity index (χ3n) is 6.00. The summed E-state index contributed by atoms with van der Waals surface area (Å²) in [5.74, 6) is 0.542. The largest absolute Gasteiger partial charge is 0.492 e. The lowest BCUT2D eigenvalue weighted by molar-refractivity contribution is -0.123. The summed E-state index contributed by atoms with van der Waals surface area (Å²) >= 11 is 15.0. The van der Waals surface area contributed by atoms with Crippen molar-refractivity contribution in [2.45, 2.75) is 45.8 Å². The van der Waals surface area contributed by atoms with Gasteiger partial charge in [-0.15, -0.1) is 11.3 Å². The Balaban J connectivity index is 1.51. The summed E-state index contributed by atoms with van der Waals surface area (Å²) in [6.07, 6.45) is 0.967. The number of carbonyl (C=O) groups excluding carboxylic acids is 2. The molecule has 2 aromatic carbocycles. The molecule has 0 bridgehead atoms. The highest BCUT2D eigenvalue weighted by atomic mass is 35.5. The van der Waals surface area contributed by atoms with Crippen LogP contribution in [0.4, 0.5) is 4.79 Å². The van der Waals surface area contributed by atoms with Gasteiger partial charge in [0.05, 0.1) is 38.4 Å². The molecular weight excluding hydrogens is 521 g/mol. The summed E-state index contributed by atoms with van der Waals surface area (Å²) in [5, 5.41) is 0.949. The average molecular weight is 551 g/mol. The first-order valence-electron chi connectivity index (χ1n) is 11.7. The van der Waals surface area contributed by atoms with Crippen LogP contribution < -0.4 is 4.74 Å². The zero-order valence-corrected chi connectivity index (χ0v) is 23.0. The maximum Gasteiger partial charge on any atom is 0.410 e. The van der Waals surface area contributed by atoms with Crippen LogP contribution in [0.2, 0.25) is 10.0 Å². The fraction of sp³-hybridized carbons (Fsp3) is 0.423. The van der Waals surface area contributed by atoms with Gasteiger partial charge < -0.3 is 19.3 Å². The number of aromatic nitrogens is 1. The molecule has 1 atom stereocenters. The highest BCUT2D eigenvalue weighted by molar-refractivity contribution is 7.16. The van der Waals surface area contributed by atoms with Crippen LogP contribution in [0.25, 0.3) is 21.3 Å². The summed E-state index contributed by atoms with van der Waals surface area (Å²) in [7, 11) is 0. The van der Waals surface area contributed by atoms with E-state index in [0.717, 1.165) is 27.8 Å². The molecule has 10 heteroatoms. The van der Waals surface area contributed by atoms with Crippen LogP contribution in [0.5, 0.6) is 5.75 Å². The van der Waals surface area contributed by atoms with Gasteiger partial charge in [-0.25, -0.2) is 9.78 Å². The van der Waals surface area contributed by atoms with E-state index in [2.05, 4.69) is 4.98 Å². The molecule has 1 aliphatic heterocycles. The molecule has 0 N–H and O–H groups in total. The number of para-hydroxylation sites is 1. The molecule has 0 spiro atoms. The Hall–Kier alpha value is -2.55. The summed E-state index contributed by atoms with van der Waals surface area (Å²) in [6.45, 7) is 8.94. The number of fused-ring (bicyclic) bond motifs is 1. The van der Waals surface area contributed by atoms with Gasteiger partial charge in [-0.05, 0) is 45.4 Å². The number of carbonyl (C=O) groups is 2. The van der Waals surface area contributed by atoms with Crippen LogP contribution >= 0.6 is 34.5 Å². The summed E-state index contributed by atoms with van der Waals surface area (Å²) < 4.78 is 12.7. The van der Waals surface area contributed by atoms with Crippen molar-refractivity contribution >= 4 is 57.3 Å². The fourth-order valence-corrected chi connectivity index (χ4v) is 5.80. The van der Waals surface area contributed by atoms with Crippen molar-refractivity contribution < 1.29 is 19.1 Å². The van der Waals surface area contributed by atoms with Crippen LogP contribution in [0.15, 0.2) is 29.8 Å². The molecule has 3 aromatic rings. The Bertz CT molecular complexity index is 1270. The van der Waals surface area contributed by atoms with E-state index in [0.29, 0.717) is 54.0 Å². The van der Waals surface area contributed by atoms with Crippen LogP contribution in [0, 0.1) is 6.92 Å². The van der Waals surface area contributed by atoms with Gasteiger partial charge in [0, 0.05) is 37.2 Å². The Morgan fingerprint density at radius 1 is 1.28 bits per heavy atom. The zero-order chi connectivity index (χ0) is 26.0. The van der Waals surface area contributed by atoms with Crippen LogP contribution in [0.1, 0.15) is 32.8 Å². The number of benzene rings is 2. The van der Waals surface area contributed by atoms with E-state index >= 15 is 0 Å². The van der Waals surface area contributed by atoms with Gasteiger partial charge >= 0.3 is 6.09 Å². The molecule has 0 radical (unpaired) electrons. The Morgan fingerprint density at radius 2 is 2.06 bits per heavy atom. The number of amides is 2. The number of aryl methyl sites for hydroxylation is 1. The van der Waals surface area contributed by atoms with Gasteiger partial charge in [0.15, 0.2) is 0 Å². The molecule has 1 saturated heterocycles. The molecule has 2 amide bonds. The molecule has 192 valence electrons. The molecule has 2 heterocycles. The molecule has 36 heavy (non-hydrogen) atoms. The summed E-state index contributed by atoms with van der Waals surface area (Å²) in [6, 6.07) is 7.55. The van der Waals surface area contributed by atoms with Crippen molar-refractivity contribution in [3.05, 3.63) is 45.4 Å². The molecule has 1 unspecified atom stereocenters. The minimum absolute atomic E-state index is 0.196. The van der Waals surface area contributed by atoms with Gasteiger partial charge in [0.2, 0.25) is 6.41 Å². The van der Waals surface area contributed by atoms with E-state index in [1.807, 2.05) is 52.0 Å². The number of rotatable bonds is 6. The second kappa shape index (κ2) is 10.8. The third-order valence-corrected chi connectivity index (χ3v) is 7.45. The minimum atomic E-state index is -0.582. The quantitative estimate of drug-likeness (QED) is 0.331. The van der Waals surface area contributed by atoms with Crippen molar-refractivity contribution in [2.75, 3.05) is 26.2 Å². The topological polar surface area (TPSA) is 72.0 Å². The standard InChI is InChI=1S/C26H29Cl2N3O4S/c1-16-12-19(27)21(18-6-5-7-20-23(18)29-14-36-20)22(28)24(16)34-11-8-17-13-30(9-10-31(17)15-32)25(33)35-26(2,3)4/h5-7,12,14-15,17H,8-11,13H2,1-4H3. The highest BCUT2D eigenvalue weighted by Gasteiger charge is 2.31. The molecule has 1 fully saturated rings. The zero-order valence-electron chi connectivity index (χ0n) is 20.7. The number of halogens is 2. The summed E-state index contributed by atoms with van der Waals surface area (Å²) in [5.41, 5.74) is 4.39. The Morgan fingerprint density at radius 3 is 2.78 bits per heavy atom. The van der Waals surface area contributed by atoms with Crippen LogP contribution in [0.3, 0.4) is 0 Å². The van der Waals surface area contributed by atoms with Gasteiger partial charge in [-0.1, -0.05) is 35.3 Å². The van der Waals surface area contributed by atoms with Crippen molar-refractivity contribution in [2.24, 2.45) is 0 Å². The van der Waals surface area contributed by atoms with E-state index in [9.17, 15) is 9.59 Å². The van der Waals surface area contributed by atoms with Crippen LogP contribution in [-0.2, 0) is 9.53 Å². The molecule has 7 nitrogen and oxygen atoms in total. The van der Waals surface area contributed by atoms with Crippen molar-refractivity contribution in [3.63, 3.8) is 0 Å². The first-order chi connectivity index (χ1) is 17.1. The van der Waals surface area contributed by atoms with E-state index < -0.39 is 5.60 Å². The molecule has 1 aliphatic rings. The minimum Gasteiger partial charge on any atom is -0.492 e. The predicted molar refractivity (Wildman–Crippen MR) is 144 cm³/mol. The number of hydrogen-bond acceptors (Lipinski definition) is 6. The van der Waals surface area contributed by atoms with Gasteiger partial charge in [-0.3, -0.25) is 4.79 Å². The fourth-order valence-electron chi connectivity index (χ4n) is 4.29. The number of ether oxygens (including phenoxy) is 2.